The zero-order chi connectivity index (χ0) is 33.6. The average Bonchev–Trinajstić information content (AvgIpc) is 3.36. The van der Waals surface area contributed by atoms with E-state index in [4.69, 9.17) is 14.2 Å². The van der Waals surface area contributed by atoms with Crippen molar-refractivity contribution < 1.29 is 33.4 Å². The molecule has 5 rings (SSSR count). The monoisotopic (exact) mass is 660 g/mol. The minimum absolute atomic E-state index is 0.286. The van der Waals surface area contributed by atoms with Gasteiger partial charge < -0.3 is 24.4 Å². The van der Waals surface area contributed by atoms with Gasteiger partial charge in [-0.1, -0.05) is 36.0 Å². The minimum atomic E-state index is -0.723. The van der Waals surface area contributed by atoms with Crippen LogP contribution in [-0.4, -0.2) is 60.7 Å². The lowest BCUT2D eigenvalue weighted by atomic mass is 10.1. The summed E-state index contributed by atoms with van der Waals surface area (Å²) in [5.74, 6) is 0.929. The highest BCUT2D eigenvalue weighted by Gasteiger charge is 2.31. The third kappa shape index (κ3) is 9.19. The Bertz CT molecular complexity index is 1620. The molecule has 0 radical (unpaired) electrons. The van der Waals surface area contributed by atoms with Gasteiger partial charge in [0.1, 0.15) is 17.1 Å². The van der Waals surface area contributed by atoms with Gasteiger partial charge in [0.25, 0.3) is 11.1 Å². The van der Waals surface area contributed by atoms with Gasteiger partial charge in [0.2, 0.25) is 5.91 Å². The predicted octanol–water partition coefficient (Wildman–Crippen LogP) is 6.75. The molecule has 4 amide bonds. The van der Waals surface area contributed by atoms with Gasteiger partial charge in [-0.05, 0) is 88.4 Å². The Morgan fingerprint density at radius 1 is 0.979 bits per heavy atom. The van der Waals surface area contributed by atoms with E-state index in [2.05, 4.69) is 15.5 Å². The van der Waals surface area contributed by atoms with Crippen LogP contribution in [0.25, 0.3) is 0 Å². The van der Waals surface area contributed by atoms with Crippen LogP contribution in [0.3, 0.4) is 0 Å². The van der Waals surface area contributed by atoms with Crippen LogP contribution in [0.4, 0.5) is 26.7 Å². The summed E-state index contributed by atoms with van der Waals surface area (Å²) in [5.41, 5.74) is 1.91. The molecule has 1 atom stereocenters. The summed E-state index contributed by atoms with van der Waals surface area (Å²) in [7, 11) is 1.58. The molecule has 2 heterocycles. The van der Waals surface area contributed by atoms with Crippen molar-refractivity contribution in [2.24, 2.45) is 0 Å². The second-order valence-corrected chi connectivity index (χ2v) is 13.6. The van der Waals surface area contributed by atoms with Gasteiger partial charge in [-0.25, -0.2) is 4.79 Å². The predicted molar refractivity (Wildman–Crippen MR) is 183 cm³/mol. The largest absolute Gasteiger partial charge is 0.484 e. The van der Waals surface area contributed by atoms with Crippen LogP contribution >= 0.6 is 11.8 Å². The number of piperidine rings is 1. The van der Waals surface area contributed by atoms with E-state index < -0.39 is 22.9 Å². The Hall–Kier alpha value is -4.71. The molecule has 1 unspecified atom stereocenters. The number of hydrogen-bond acceptors (Lipinski definition) is 9. The number of carbonyl (C=O) groups excluding carboxylic acids is 4. The lowest BCUT2D eigenvalue weighted by molar-refractivity contribution is -0.119. The molecule has 2 fully saturated rings. The molecular formula is C35H40N4O7S. The number of rotatable bonds is 10. The summed E-state index contributed by atoms with van der Waals surface area (Å²) in [6.45, 7) is 7.00. The molecule has 3 aromatic rings. The molecule has 12 heteroatoms. The fraction of sp³-hybridized carbons (Fsp3) is 0.371. The van der Waals surface area contributed by atoms with Crippen LogP contribution < -0.4 is 29.9 Å². The van der Waals surface area contributed by atoms with Crippen LogP contribution in [0.2, 0.25) is 0 Å². The van der Waals surface area contributed by atoms with E-state index in [1.54, 1.807) is 70.3 Å². The van der Waals surface area contributed by atoms with Crippen molar-refractivity contribution in [2.75, 3.05) is 41.9 Å². The molecule has 47 heavy (non-hydrogen) atoms. The van der Waals surface area contributed by atoms with E-state index in [-0.39, 0.29) is 17.8 Å². The topological polar surface area (TPSA) is 127 Å². The number of imide groups is 1. The Morgan fingerprint density at radius 3 is 2.36 bits per heavy atom. The first kappa shape index (κ1) is 33.6. The molecule has 3 aromatic carbocycles. The van der Waals surface area contributed by atoms with E-state index in [9.17, 15) is 19.2 Å². The molecule has 2 N–H and O–H groups in total. The highest BCUT2D eigenvalue weighted by Crippen LogP contribution is 2.37. The summed E-state index contributed by atoms with van der Waals surface area (Å²) in [4.78, 5) is 53.1. The van der Waals surface area contributed by atoms with Crippen molar-refractivity contribution in [3.63, 3.8) is 0 Å². The Balaban J connectivity index is 1.28. The van der Waals surface area contributed by atoms with E-state index in [1.165, 1.54) is 11.3 Å². The van der Waals surface area contributed by atoms with Gasteiger partial charge >= 0.3 is 6.09 Å². The Kier molecular flexibility index (Phi) is 10.6. The van der Waals surface area contributed by atoms with Crippen LogP contribution in [-0.2, 0) is 20.7 Å². The molecule has 248 valence electrons. The van der Waals surface area contributed by atoms with E-state index >= 15 is 0 Å². The van der Waals surface area contributed by atoms with Crippen LogP contribution in [0, 0.1) is 0 Å². The molecular weight excluding hydrogens is 620 g/mol. The zero-order valence-corrected chi connectivity index (χ0v) is 27.9. The number of amides is 4. The summed E-state index contributed by atoms with van der Waals surface area (Å²) in [6.07, 6.45) is 3.29. The van der Waals surface area contributed by atoms with Crippen molar-refractivity contribution in [2.45, 2.75) is 57.3 Å². The van der Waals surface area contributed by atoms with E-state index in [1.807, 2.05) is 24.3 Å². The van der Waals surface area contributed by atoms with E-state index in [0.717, 1.165) is 48.9 Å². The number of benzene rings is 3. The third-order valence-electron chi connectivity index (χ3n) is 7.54. The second-order valence-electron chi connectivity index (χ2n) is 12.4. The number of carbonyl (C=O) groups is 4. The number of thioether (sulfide) groups is 1. The molecule has 0 spiro atoms. The average molecular weight is 661 g/mol. The van der Waals surface area contributed by atoms with Gasteiger partial charge in [0.05, 0.1) is 22.3 Å². The molecule has 2 aliphatic rings. The standard InChI is InChI=1S/C35H40N4O7S/c1-35(2,3)46-34(43)38(4)28-21-25(45-29-11-7-6-10-27(29)39-18-8-5-9-19-39)16-17-26(28)36-31(40)22-44-24-14-12-23(13-15-24)20-30-32(41)37-33(42)47-30/h6-7,10-17,21,30H,5,8-9,18-20,22H2,1-4H3,(H,36,40)(H,37,41,42). The minimum Gasteiger partial charge on any atom is -0.484 e. The maximum atomic E-state index is 13.1. The molecule has 0 saturated carbocycles. The number of anilines is 3. The first-order valence-electron chi connectivity index (χ1n) is 15.6. The highest BCUT2D eigenvalue weighted by atomic mass is 32.2. The van der Waals surface area contributed by atoms with Crippen molar-refractivity contribution >= 4 is 52.0 Å². The molecule has 0 aromatic heterocycles. The first-order chi connectivity index (χ1) is 22.4. The number of para-hydroxylation sites is 2. The van der Waals surface area contributed by atoms with Crippen LogP contribution in [0.5, 0.6) is 17.2 Å². The Labute approximate surface area is 278 Å². The lowest BCUT2D eigenvalue weighted by Gasteiger charge is -2.30. The molecule has 2 aliphatic heterocycles. The number of hydrogen-bond donors (Lipinski definition) is 2. The maximum absolute atomic E-state index is 13.1. The summed E-state index contributed by atoms with van der Waals surface area (Å²) >= 11 is 0.977. The van der Waals surface area contributed by atoms with Gasteiger partial charge in [-0.15, -0.1) is 0 Å². The second kappa shape index (κ2) is 14.8. The third-order valence-corrected chi connectivity index (χ3v) is 8.52. The molecule has 2 saturated heterocycles. The van der Waals surface area contributed by atoms with Gasteiger partial charge in [0, 0.05) is 26.2 Å². The number of ether oxygens (including phenoxy) is 3. The molecule has 0 aliphatic carbocycles. The van der Waals surface area contributed by atoms with Gasteiger partial charge in [0.15, 0.2) is 12.4 Å². The summed E-state index contributed by atoms with van der Waals surface area (Å²) in [6, 6.07) is 20.0. The first-order valence-corrected chi connectivity index (χ1v) is 16.5. The van der Waals surface area contributed by atoms with Crippen molar-refractivity contribution in [3.05, 3.63) is 72.3 Å². The quantitative estimate of drug-likeness (QED) is 0.243. The fourth-order valence-corrected chi connectivity index (χ4v) is 6.11. The number of nitrogens with zero attached hydrogens (tertiary/aromatic N) is 2. The SMILES string of the molecule is CN(C(=O)OC(C)(C)C)c1cc(Oc2ccccc2N2CCCCC2)ccc1NC(=O)COc1ccc(CC2SC(=O)NC2=O)cc1. The lowest BCUT2D eigenvalue weighted by Crippen LogP contribution is -2.34. The molecule has 11 nitrogen and oxygen atoms in total. The van der Waals surface area contributed by atoms with Gasteiger partial charge in [-0.3, -0.25) is 24.6 Å². The Morgan fingerprint density at radius 2 is 1.68 bits per heavy atom. The van der Waals surface area contributed by atoms with E-state index in [0.29, 0.717) is 35.0 Å². The zero-order valence-electron chi connectivity index (χ0n) is 27.0. The van der Waals surface area contributed by atoms with Crippen molar-refractivity contribution in [1.82, 2.24) is 5.32 Å². The molecule has 0 bridgehead atoms. The number of nitrogens with one attached hydrogen (secondary N) is 2. The van der Waals surface area contributed by atoms with Crippen molar-refractivity contribution in [1.29, 1.82) is 0 Å². The maximum Gasteiger partial charge on any atom is 0.414 e. The van der Waals surface area contributed by atoms with Crippen LogP contribution in [0.1, 0.15) is 45.6 Å². The smallest absolute Gasteiger partial charge is 0.414 e. The van der Waals surface area contributed by atoms with Crippen LogP contribution in [0.15, 0.2) is 66.7 Å². The highest BCUT2D eigenvalue weighted by molar-refractivity contribution is 8.15. The fourth-order valence-electron chi connectivity index (χ4n) is 5.25. The summed E-state index contributed by atoms with van der Waals surface area (Å²) < 4.78 is 17.7. The summed E-state index contributed by atoms with van der Waals surface area (Å²) in [5, 5.41) is 4.33. The van der Waals surface area contributed by atoms with Gasteiger partial charge in [-0.2, -0.15) is 0 Å². The van der Waals surface area contributed by atoms with Crippen molar-refractivity contribution in [3.8, 4) is 17.2 Å². The normalized spacial score (nSPS) is 16.3.